The fraction of sp³-hybridized carbons (Fsp3) is 0.250. The fourth-order valence-corrected chi connectivity index (χ4v) is 16.7. The number of hydrogen-bond donors (Lipinski definition) is 0. The van der Waals surface area contributed by atoms with E-state index in [9.17, 15) is 0 Å². The number of benzene rings is 9. The zero-order valence-electron chi connectivity index (χ0n) is 49.3. The molecule has 402 valence electrons. The first-order valence-electron chi connectivity index (χ1n) is 30.0. The number of para-hydroxylation sites is 2. The van der Waals surface area contributed by atoms with Crippen molar-refractivity contribution in [1.82, 2.24) is 0 Å². The van der Waals surface area contributed by atoms with Crippen molar-refractivity contribution < 1.29 is 8.83 Å². The zero-order valence-corrected chi connectivity index (χ0v) is 49.3. The quantitative estimate of drug-likeness (QED) is 0.166. The highest BCUT2D eigenvalue weighted by atomic mass is 16.3. The van der Waals surface area contributed by atoms with Crippen LogP contribution in [-0.2, 0) is 27.1 Å². The third kappa shape index (κ3) is 6.47. The molecule has 9 aromatic carbocycles. The molecule has 2 aromatic heterocycles. The standard InChI is InChI=1S/C80H70O2/c1-44(47-35-39-53-62(42-47)80(11,12)72-68(53)70-55-25-16-20-31-65(55)82-75(70)71-51-23-14-18-28-59(51)79(9,10)73(71)72)56(49-26-21-29-60-66(49)50-22-13-17-27-58(50)77(60,5)6)40-45-32-38-52-61(41-45)78(7,8)63-43-57(46-33-36-48(37-34-46)76(2,3)4)74-69(67(52)63)54-24-15-19-30-64(54)81-74/h13-31,33-39,41-43,45,56H,1,32,40H2,2-12H3. The van der Waals surface area contributed by atoms with Gasteiger partial charge in [-0.15, -0.1) is 0 Å². The molecule has 0 saturated carbocycles. The van der Waals surface area contributed by atoms with Gasteiger partial charge in [-0.1, -0.05) is 234 Å². The SMILES string of the molecule is C=C(c1ccc2c(c1)C(C)(C)c1c3c(c4oc5ccccc5c4c1-2)-c1ccccc1C3(C)C)C(CC1C=C2C(=CC1)c1c(cc(-c3ccc(C(C)(C)C)cc3)c3oc4ccccc4c13)C2(C)C)c1cccc2c1-c1ccccc1C2(C)C. The van der Waals surface area contributed by atoms with Crippen LogP contribution in [0.15, 0.2) is 197 Å². The number of allylic oxidation sites excluding steroid dienone is 5. The molecule has 5 aliphatic rings. The van der Waals surface area contributed by atoms with Gasteiger partial charge in [0.25, 0.3) is 0 Å². The van der Waals surface area contributed by atoms with Gasteiger partial charge < -0.3 is 8.83 Å². The van der Waals surface area contributed by atoms with Gasteiger partial charge in [-0.05, 0) is 160 Å². The molecule has 0 radical (unpaired) electrons. The molecule has 2 heteroatoms. The predicted molar refractivity (Wildman–Crippen MR) is 344 cm³/mol. The van der Waals surface area contributed by atoms with Crippen molar-refractivity contribution >= 4 is 55.0 Å². The van der Waals surface area contributed by atoms with Gasteiger partial charge in [0.1, 0.15) is 22.3 Å². The van der Waals surface area contributed by atoms with E-state index in [4.69, 9.17) is 15.4 Å². The smallest absolute Gasteiger partial charge is 0.144 e. The van der Waals surface area contributed by atoms with Crippen molar-refractivity contribution in [1.29, 1.82) is 0 Å². The van der Waals surface area contributed by atoms with E-state index in [1.54, 1.807) is 0 Å². The molecule has 2 unspecified atom stereocenters. The van der Waals surface area contributed by atoms with Gasteiger partial charge in [0.15, 0.2) is 0 Å². The Balaban J connectivity index is 0.848. The van der Waals surface area contributed by atoms with Crippen LogP contribution < -0.4 is 0 Å². The Bertz CT molecular complexity index is 4730. The Morgan fingerprint density at radius 1 is 0.512 bits per heavy atom. The van der Waals surface area contributed by atoms with E-state index in [0.29, 0.717) is 0 Å². The minimum Gasteiger partial charge on any atom is -0.455 e. The highest BCUT2D eigenvalue weighted by Gasteiger charge is 2.49. The summed E-state index contributed by atoms with van der Waals surface area (Å²) in [5.41, 5.74) is 32.2. The zero-order chi connectivity index (χ0) is 56.3. The van der Waals surface area contributed by atoms with Gasteiger partial charge in [0.2, 0.25) is 0 Å². The van der Waals surface area contributed by atoms with Crippen LogP contribution in [0.1, 0.15) is 156 Å². The van der Waals surface area contributed by atoms with Crippen LogP contribution in [0.25, 0.3) is 99.5 Å². The summed E-state index contributed by atoms with van der Waals surface area (Å²) in [4.78, 5) is 0. The maximum absolute atomic E-state index is 7.04. The highest BCUT2D eigenvalue weighted by Crippen LogP contribution is 2.64. The molecule has 5 aliphatic carbocycles. The molecular formula is C80H70O2. The molecule has 11 aromatic rings. The van der Waals surface area contributed by atoms with Crippen LogP contribution in [0.2, 0.25) is 0 Å². The van der Waals surface area contributed by atoms with Crippen molar-refractivity contribution in [3.8, 4) is 44.5 Å². The summed E-state index contributed by atoms with van der Waals surface area (Å²) in [5.74, 6) is 0.291. The van der Waals surface area contributed by atoms with Crippen molar-refractivity contribution in [2.45, 2.75) is 122 Å². The van der Waals surface area contributed by atoms with E-state index in [2.05, 4.69) is 252 Å². The molecule has 2 nitrogen and oxygen atoms in total. The topological polar surface area (TPSA) is 26.3 Å². The van der Waals surface area contributed by atoms with Gasteiger partial charge >= 0.3 is 0 Å². The van der Waals surface area contributed by atoms with E-state index in [1.807, 2.05) is 0 Å². The molecule has 2 atom stereocenters. The molecular weight excluding hydrogens is 993 g/mol. The van der Waals surface area contributed by atoms with Crippen LogP contribution in [0.4, 0.5) is 0 Å². The summed E-state index contributed by atoms with van der Waals surface area (Å²) in [5, 5.41) is 4.83. The lowest BCUT2D eigenvalue weighted by Crippen LogP contribution is -2.24. The van der Waals surface area contributed by atoms with Gasteiger partial charge in [-0.2, -0.15) is 0 Å². The first-order chi connectivity index (χ1) is 39.3. The average Bonchev–Trinajstić information content (AvgIpc) is 1.61. The second-order valence-corrected chi connectivity index (χ2v) is 27.9. The Labute approximate surface area is 482 Å². The van der Waals surface area contributed by atoms with E-state index < -0.39 is 0 Å². The Hall–Kier alpha value is -8.20. The average molecular weight is 1060 g/mol. The normalized spacial score (nSPS) is 18.4. The van der Waals surface area contributed by atoms with Crippen LogP contribution >= 0.6 is 0 Å². The predicted octanol–water partition coefficient (Wildman–Crippen LogP) is 21.9. The minimum atomic E-state index is -0.317. The van der Waals surface area contributed by atoms with Crippen LogP contribution in [0.5, 0.6) is 0 Å². The first kappa shape index (κ1) is 49.6. The lowest BCUT2D eigenvalue weighted by molar-refractivity contribution is 0.549. The summed E-state index contributed by atoms with van der Waals surface area (Å²) < 4.78 is 14.0. The number of furan rings is 2. The van der Waals surface area contributed by atoms with Crippen molar-refractivity contribution in [3.63, 3.8) is 0 Å². The largest absolute Gasteiger partial charge is 0.455 e. The fourth-order valence-electron chi connectivity index (χ4n) is 16.7. The maximum Gasteiger partial charge on any atom is 0.144 e. The Morgan fingerprint density at radius 3 is 1.78 bits per heavy atom. The second kappa shape index (κ2) is 16.5. The van der Waals surface area contributed by atoms with Crippen molar-refractivity contribution in [2.24, 2.45) is 5.92 Å². The van der Waals surface area contributed by atoms with Gasteiger partial charge in [0.05, 0.1) is 0 Å². The lowest BCUT2D eigenvalue weighted by atomic mass is 9.71. The van der Waals surface area contributed by atoms with E-state index in [-0.39, 0.29) is 38.9 Å². The maximum atomic E-state index is 7.04. The summed E-state index contributed by atoms with van der Waals surface area (Å²) in [6, 6.07) is 61.8. The molecule has 2 heterocycles. The number of rotatable bonds is 6. The Morgan fingerprint density at radius 2 is 1.09 bits per heavy atom. The molecule has 0 saturated heterocycles. The summed E-state index contributed by atoms with van der Waals surface area (Å²) >= 11 is 0. The molecule has 82 heavy (non-hydrogen) atoms. The molecule has 0 amide bonds. The minimum absolute atomic E-state index is 0.0277. The van der Waals surface area contributed by atoms with E-state index >= 15 is 0 Å². The van der Waals surface area contributed by atoms with Gasteiger partial charge in [-0.25, -0.2) is 0 Å². The van der Waals surface area contributed by atoms with Gasteiger partial charge in [0, 0.05) is 60.2 Å². The summed E-state index contributed by atoms with van der Waals surface area (Å²) in [7, 11) is 0. The van der Waals surface area contributed by atoms with Crippen LogP contribution in [0, 0.1) is 5.92 Å². The number of hydrogen-bond acceptors (Lipinski definition) is 2. The highest BCUT2D eigenvalue weighted by molar-refractivity contribution is 6.21. The third-order valence-corrected chi connectivity index (χ3v) is 20.9. The van der Waals surface area contributed by atoms with Crippen LogP contribution in [0.3, 0.4) is 0 Å². The number of fused-ring (bicyclic) bond motifs is 22. The monoisotopic (exact) mass is 1060 g/mol. The summed E-state index contributed by atoms with van der Waals surface area (Å²) in [6.07, 6.45) is 7.14. The second-order valence-electron chi connectivity index (χ2n) is 27.9. The third-order valence-electron chi connectivity index (χ3n) is 20.9. The first-order valence-corrected chi connectivity index (χ1v) is 30.0. The van der Waals surface area contributed by atoms with Crippen molar-refractivity contribution in [2.75, 3.05) is 0 Å². The van der Waals surface area contributed by atoms with Crippen LogP contribution in [-0.4, -0.2) is 0 Å². The van der Waals surface area contributed by atoms with Gasteiger partial charge in [-0.3, -0.25) is 0 Å². The Kier molecular flexibility index (Phi) is 9.98. The lowest BCUT2D eigenvalue weighted by Gasteiger charge is -2.32. The molecule has 0 bridgehead atoms. The molecule has 16 rings (SSSR count). The molecule has 0 aliphatic heterocycles. The van der Waals surface area contributed by atoms with Crippen molar-refractivity contribution in [3.05, 3.63) is 249 Å². The van der Waals surface area contributed by atoms with E-state index in [0.717, 1.165) is 40.7 Å². The molecule has 0 spiro atoms. The van der Waals surface area contributed by atoms with E-state index in [1.165, 1.54) is 138 Å². The molecule has 0 N–H and O–H groups in total. The summed E-state index contributed by atoms with van der Waals surface area (Å²) in [6.45, 7) is 31.7. The molecule has 0 fully saturated rings.